The summed E-state index contributed by atoms with van der Waals surface area (Å²) in [7, 11) is 0. The summed E-state index contributed by atoms with van der Waals surface area (Å²) in [6.07, 6.45) is -0.441. The van der Waals surface area contributed by atoms with E-state index in [9.17, 15) is 14.4 Å². The van der Waals surface area contributed by atoms with E-state index in [-0.39, 0.29) is 17.2 Å². The van der Waals surface area contributed by atoms with Crippen molar-refractivity contribution in [3.8, 4) is 0 Å². The van der Waals surface area contributed by atoms with Crippen molar-refractivity contribution in [1.82, 2.24) is 0 Å². The van der Waals surface area contributed by atoms with E-state index >= 15 is 0 Å². The Morgan fingerprint density at radius 3 is 2.14 bits per heavy atom. The molecule has 0 N–H and O–H groups in total. The van der Waals surface area contributed by atoms with Crippen molar-refractivity contribution in [3.63, 3.8) is 0 Å². The summed E-state index contributed by atoms with van der Waals surface area (Å²) in [5.41, 5.74) is 1.98. The van der Waals surface area contributed by atoms with Crippen LogP contribution in [0.4, 0.5) is 16.2 Å². The van der Waals surface area contributed by atoms with E-state index in [1.54, 1.807) is 41.3 Å². The summed E-state index contributed by atoms with van der Waals surface area (Å²) in [6, 6.07) is 12.2. The maximum Gasteiger partial charge on any atom is 0.414 e. The SMILES string of the molecule is CC(C)(C)OC(=O)N1CC(C)(C)c2ccc(N3C(=O)c4ccccc4C3=O)cc21. The predicted molar refractivity (Wildman–Crippen MR) is 111 cm³/mol. The number of carbonyl (C=O) groups is 3. The van der Waals surface area contributed by atoms with Crippen LogP contribution >= 0.6 is 0 Å². The lowest BCUT2D eigenvalue weighted by molar-refractivity contribution is 0.0579. The molecule has 2 heterocycles. The van der Waals surface area contributed by atoms with Gasteiger partial charge in [-0.05, 0) is 50.6 Å². The largest absolute Gasteiger partial charge is 0.443 e. The van der Waals surface area contributed by atoms with Gasteiger partial charge in [0, 0.05) is 12.0 Å². The van der Waals surface area contributed by atoms with Gasteiger partial charge in [-0.3, -0.25) is 14.5 Å². The molecule has 0 saturated heterocycles. The summed E-state index contributed by atoms with van der Waals surface area (Å²) in [6.45, 7) is 10.0. The van der Waals surface area contributed by atoms with Gasteiger partial charge in [-0.25, -0.2) is 9.69 Å². The van der Waals surface area contributed by atoms with E-state index in [0.29, 0.717) is 29.0 Å². The fourth-order valence-electron chi connectivity index (χ4n) is 3.92. The number of hydrogen-bond acceptors (Lipinski definition) is 4. The standard InChI is InChI=1S/C23H24N2O4/c1-22(2,3)29-21(28)24-13-23(4,5)17-11-10-14(12-18(17)24)25-19(26)15-8-6-7-9-16(15)20(25)27/h6-12H,13H2,1-5H3. The molecule has 0 atom stereocenters. The van der Waals surface area contributed by atoms with Gasteiger partial charge in [0.05, 0.1) is 22.5 Å². The number of carbonyl (C=O) groups excluding carboxylic acids is 3. The van der Waals surface area contributed by atoms with Gasteiger partial charge in [0.25, 0.3) is 11.8 Å². The summed E-state index contributed by atoms with van der Waals surface area (Å²) < 4.78 is 5.57. The molecule has 0 saturated carbocycles. The fraction of sp³-hybridized carbons (Fsp3) is 0.348. The smallest absolute Gasteiger partial charge is 0.414 e. The highest BCUT2D eigenvalue weighted by molar-refractivity contribution is 6.34. The van der Waals surface area contributed by atoms with Gasteiger partial charge in [0.2, 0.25) is 0 Å². The molecular weight excluding hydrogens is 368 g/mol. The van der Waals surface area contributed by atoms with Gasteiger partial charge in [0.1, 0.15) is 5.60 Å². The Kier molecular flexibility index (Phi) is 4.08. The minimum Gasteiger partial charge on any atom is -0.443 e. The summed E-state index contributed by atoms with van der Waals surface area (Å²) in [5, 5.41) is 0. The normalized spacial score (nSPS) is 17.4. The molecule has 0 aromatic heterocycles. The molecule has 4 rings (SSSR count). The number of ether oxygens (including phenoxy) is 1. The Morgan fingerprint density at radius 2 is 1.59 bits per heavy atom. The van der Waals surface area contributed by atoms with Crippen molar-refractivity contribution < 1.29 is 19.1 Å². The number of imide groups is 1. The van der Waals surface area contributed by atoms with Crippen LogP contribution < -0.4 is 9.80 Å². The van der Waals surface area contributed by atoms with Crippen LogP contribution in [0.15, 0.2) is 42.5 Å². The Hall–Kier alpha value is -3.15. The van der Waals surface area contributed by atoms with Crippen LogP contribution in [-0.2, 0) is 10.2 Å². The molecule has 0 fully saturated rings. The number of amides is 3. The third-order valence-electron chi connectivity index (χ3n) is 5.22. The van der Waals surface area contributed by atoms with Crippen LogP contribution in [0.1, 0.15) is 60.9 Å². The van der Waals surface area contributed by atoms with Crippen molar-refractivity contribution >= 4 is 29.3 Å². The Morgan fingerprint density at radius 1 is 1.00 bits per heavy atom. The highest BCUT2D eigenvalue weighted by Gasteiger charge is 2.42. The van der Waals surface area contributed by atoms with Crippen LogP contribution in [0, 0.1) is 0 Å². The van der Waals surface area contributed by atoms with E-state index in [2.05, 4.69) is 13.8 Å². The highest BCUT2D eigenvalue weighted by atomic mass is 16.6. The van der Waals surface area contributed by atoms with Crippen LogP contribution in [0.3, 0.4) is 0 Å². The summed E-state index contributed by atoms with van der Waals surface area (Å²) >= 11 is 0. The van der Waals surface area contributed by atoms with E-state index < -0.39 is 11.7 Å². The van der Waals surface area contributed by atoms with E-state index in [1.165, 1.54) is 4.90 Å². The van der Waals surface area contributed by atoms with Gasteiger partial charge in [-0.15, -0.1) is 0 Å². The van der Waals surface area contributed by atoms with E-state index in [0.717, 1.165) is 5.56 Å². The first kappa shape index (κ1) is 19.2. The second-order valence-corrected chi connectivity index (χ2v) is 9.14. The quantitative estimate of drug-likeness (QED) is 0.669. The average molecular weight is 392 g/mol. The molecule has 3 amide bonds. The topological polar surface area (TPSA) is 66.9 Å². The predicted octanol–water partition coefficient (Wildman–Crippen LogP) is 4.52. The number of anilines is 2. The third kappa shape index (κ3) is 3.09. The number of benzene rings is 2. The Bertz CT molecular complexity index is 1010. The first-order chi connectivity index (χ1) is 13.5. The van der Waals surface area contributed by atoms with Crippen LogP contribution in [0.5, 0.6) is 0 Å². The zero-order valence-electron chi connectivity index (χ0n) is 17.3. The molecule has 29 heavy (non-hydrogen) atoms. The van der Waals surface area contributed by atoms with Gasteiger partial charge < -0.3 is 4.74 Å². The first-order valence-electron chi connectivity index (χ1n) is 9.62. The molecule has 0 bridgehead atoms. The molecule has 2 aliphatic rings. The van der Waals surface area contributed by atoms with E-state index in [1.807, 2.05) is 26.8 Å². The number of nitrogens with zero attached hydrogens (tertiary/aromatic N) is 2. The molecule has 0 unspecified atom stereocenters. The van der Waals surface area contributed by atoms with Crippen molar-refractivity contribution in [2.24, 2.45) is 0 Å². The van der Waals surface area contributed by atoms with Crippen molar-refractivity contribution in [3.05, 3.63) is 59.2 Å². The van der Waals surface area contributed by atoms with Crippen molar-refractivity contribution in [1.29, 1.82) is 0 Å². The summed E-state index contributed by atoms with van der Waals surface area (Å²) in [4.78, 5) is 41.2. The lowest BCUT2D eigenvalue weighted by atomic mass is 9.87. The van der Waals surface area contributed by atoms with Gasteiger partial charge in [-0.2, -0.15) is 0 Å². The Balaban J connectivity index is 1.75. The fourth-order valence-corrected chi connectivity index (χ4v) is 3.92. The molecule has 150 valence electrons. The number of fused-ring (bicyclic) bond motifs is 2. The van der Waals surface area contributed by atoms with Gasteiger partial charge >= 0.3 is 6.09 Å². The monoisotopic (exact) mass is 392 g/mol. The molecule has 0 spiro atoms. The summed E-state index contributed by atoms with van der Waals surface area (Å²) in [5.74, 6) is -0.710. The molecular formula is C23H24N2O4. The second kappa shape index (κ2) is 6.17. The van der Waals surface area contributed by atoms with Gasteiger partial charge in [-0.1, -0.05) is 32.0 Å². The van der Waals surface area contributed by atoms with Crippen LogP contribution in [0.2, 0.25) is 0 Å². The maximum atomic E-state index is 12.8. The zero-order valence-corrected chi connectivity index (χ0v) is 17.3. The van der Waals surface area contributed by atoms with Crippen molar-refractivity contribution in [2.45, 2.75) is 45.6 Å². The second-order valence-electron chi connectivity index (χ2n) is 9.14. The molecule has 0 radical (unpaired) electrons. The number of rotatable bonds is 1. The average Bonchev–Trinajstić information content (AvgIpc) is 3.05. The highest BCUT2D eigenvalue weighted by Crippen LogP contribution is 2.43. The molecule has 2 aromatic rings. The van der Waals surface area contributed by atoms with Gasteiger partial charge in [0.15, 0.2) is 0 Å². The third-order valence-corrected chi connectivity index (χ3v) is 5.22. The first-order valence-corrected chi connectivity index (χ1v) is 9.62. The molecule has 2 aliphatic heterocycles. The van der Waals surface area contributed by atoms with E-state index in [4.69, 9.17) is 4.74 Å². The van der Waals surface area contributed by atoms with Crippen LogP contribution in [-0.4, -0.2) is 30.1 Å². The minimum absolute atomic E-state index is 0.271. The van der Waals surface area contributed by atoms with Crippen molar-refractivity contribution in [2.75, 3.05) is 16.3 Å². The molecule has 6 nitrogen and oxygen atoms in total. The maximum absolute atomic E-state index is 12.8. The molecule has 2 aromatic carbocycles. The molecule has 0 aliphatic carbocycles. The Labute approximate surface area is 170 Å². The molecule has 6 heteroatoms. The minimum atomic E-state index is -0.621. The van der Waals surface area contributed by atoms with Crippen LogP contribution in [0.25, 0.3) is 0 Å². The lowest BCUT2D eigenvalue weighted by Crippen LogP contribution is -2.38. The number of hydrogen-bond donors (Lipinski definition) is 0. The zero-order chi connectivity index (χ0) is 21.1. The lowest BCUT2D eigenvalue weighted by Gasteiger charge is -2.26.